The number of amides is 1. The third kappa shape index (κ3) is 5.03. The van der Waals surface area contributed by atoms with Crippen molar-refractivity contribution in [1.82, 2.24) is 5.32 Å². The van der Waals surface area contributed by atoms with Crippen molar-refractivity contribution in [2.75, 3.05) is 0 Å². The predicted molar refractivity (Wildman–Crippen MR) is 26.9 cm³/mol. The van der Waals surface area contributed by atoms with Gasteiger partial charge in [-0.1, -0.05) is 5.92 Å². The highest BCUT2D eigenvalue weighted by atomic mass is 16.1. The Morgan fingerprint density at radius 1 is 1.86 bits per heavy atom. The summed E-state index contributed by atoms with van der Waals surface area (Å²) < 4.78 is 0. The number of carbonyl (C=O) groups is 1. The van der Waals surface area contributed by atoms with E-state index < -0.39 is 0 Å². The number of hydrogen-bond acceptors (Lipinski definition) is 1. The Hall–Kier alpha value is -0.970. The van der Waals surface area contributed by atoms with Crippen molar-refractivity contribution in [2.45, 2.75) is 6.92 Å². The average Bonchev–Trinajstić information content (AvgIpc) is 1.61. The van der Waals surface area contributed by atoms with Crippen LogP contribution in [0.3, 0.4) is 0 Å². The van der Waals surface area contributed by atoms with E-state index in [0.29, 0.717) is 0 Å². The molecule has 1 N–H and O–H groups in total. The first-order valence-electron chi connectivity index (χ1n) is 1.81. The molecule has 2 nitrogen and oxygen atoms in total. The third-order valence-corrected chi connectivity index (χ3v) is 0.327. The summed E-state index contributed by atoms with van der Waals surface area (Å²) >= 11 is 0. The molecule has 7 heavy (non-hydrogen) atoms. The van der Waals surface area contributed by atoms with Crippen LogP contribution >= 0.6 is 0 Å². The van der Waals surface area contributed by atoms with Crippen LogP contribution in [0.25, 0.3) is 0 Å². The van der Waals surface area contributed by atoms with Crippen molar-refractivity contribution in [1.29, 1.82) is 0 Å². The summed E-state index contributed by atoms with van der Waals surface area (Å²) in [5, 5.41) is 2.18. The monoisotopic (exact) mass is 96.0 g/mol. The van der Waals surface area contributed by atoms with Crippen molar-refractivity contribution in [3.63, 3.8) is 0 Å². The zero-order valence-electron chi connectivity index (χ0n) is 4.12. The third-order valence-electron chi connectivity index (χ3n) is 0.327. The minimum atomic E-state index is -0.366. The van der Waals surface area contributed by atoms with Gasteiger partial charge in [-0.25, -0.2) is 0 Å². The van der Waals surface area contributed by atoms with Gasteiger partial charge in [0.2, 0.25) is 5.91 Å². The van der Waals surface area contributed by atoms with E-state index in [0.717, 1.165) is 0 Å². The van der Waals surface area contributed by atoms with Crippen LogP contribution in [0.15, 0.2) is 0 Å². The summed E-state index contributed by atoms with van der Waals surface area (Å²) in [6, 6.07) is 2.34. The maximum Gasteiger partial charge on any atom is 0.231 e. The van der Waals surface area contributed by atoms with Crippen LogP contribution < -0.4 is 5.32 Å². The van der Waals surface area contributed by atoms with Crippen LogP contribution in [-0.4, -0.2) is 5.91 Å². The lowest BCUT2D eigenvalue weighted by Gasteiger charge is -1.80. The minimum Gasteiger partial charge on any atom is -0.285 e. The van der Waals surface area contributed by atoms with Crippen LogP contribution in [0.4, 0.5) is 0 Å². The molecule has 0 aliphatic carbocycles. The molecule has 0 aliphatic rings. The summed E-state index contributed by atoms with van der Waals surface area (Å²) in [4.78, 5) is 9.88. The van der Waals surface area contributed by atoms with Crippen molar-refractivity contribution in [3.8, 4) is 12.0 Å². The fourth-order valence-electron chi connectivity index (χ4n) is 0.132. The molecular weight excluding hydrogens is 90.1 g/mol. The molecule has 0 heterocycles. The molecule has 1 radical (unpaired) electrons. The first-order chi connectivity index (χ1) is 3.27. The van der Waals surface area contributed by atoms with Gasteiger partial charge in [0.1, 0.15) is 0 Å². The molecule has 37 valence electrons. The number of carbonyl (C=O) groups excluding carboxylic acids is 1. The predicted octanol–water partition coefficient (Wildman–Crippen LogP) is -0.0825. The van der Waals surface area contributed by atoms with Gasteiger partial charge in [0.05, 0.1) is 0 Å². The molecule has 0 rings (SSSR count). The highest BCUT2D eigenvalue weighted by Gasteiger charge is 1.77. The summed E-state index contributed by atoms with van der Waals surface area (Å²) in [5.74, 6) is 2.11. The van der Waals surface area contributed by atoms with Crippen molar-refractivity contribution >= 4 is 5.91 Å². The fraction of sp³-hybridized carbons (Fsp3) is 0.200. The second-order valence-electron chi connectivity index (χ2n) is 0.923. The maximum absolute atomic E-state index is 9.88. The molecule has 0 spiro atoms. The van der Waals surface area contributed by atoms with Gasteiger partial charge in [0.25, 0.3) is 0 Å². The Morgan fingerprint density at radius 3 is 2.57 bits per heavy atom. The SMILES string of the molecule is [CH2]C(=O)NC#CC. The molecule has 0 aromatic rings. The van der Waals surface area contributed by atoms with Gasteiger partial charge >= 0.3 is 0 Å². The molecule has 0 aromatic carbocycles. The molecule has 0 bridgehead atoms. The van der Waals surface area contributed by atoms with Crippen LogP contribution in [0.2, 0.25) is 0 Å². The summed E-state index contributed by atoms with van der Waals surface area (Å²) in [7, 11) is 0. The van der Waals surface area contributed by atoms with Crippen LogP contribution in [0.1, 0.15) is 6.92 Å². The Kier molecular flexibility index (Phi) is 2.78. The Morgan fingerprint density at radius 2 is 2.43 bits per heavy atom. The molecule has 0 aliphatic heterocycles. The smallest absolute Gasteiger partial charge is 0.231 e. The molecule has 0 unspecified atom stereocenters. The highest BCUT2D eigenvalue weighted by Crippen LogP contribution is 1.51. The van der Waals surface area contributed by atoms with E-state index in [1.807, 2.05) is 0 Å². The van der Waals surface area contributed by atoms with E-state index in [4.69, 9.17) is 0 Å². The molecule has 0 aromatic heterocycles. The fourth-order valence-corrected chi connectivity index (χ4v) is 0.132. The van der Waals surface area contributed by atoms with Crippen molar-refractivity contribution in [3.05, 3.63) is 6.92 Å². The Bertz CT molecular complexity index is 118. The second-order valence-corrected chi connectivity index (χ2v) is 0.923. The van der Waals surface area contributed by atoms with Gasteiger partial charge in [-0.05, 0) is 6.92 Å². The standard InChI is InChI=1S/C5H6NO/c1-3-4-6-5(2)7/h2H2,1H3,(H,6,7). The first kappa shape index (κ1) is 6.03. The molecule has 0 fully saturated rings. The van der Waals surface area contributed by atoms with E-state index in [2.05, 4.69) is 24.2 Å². The van der Waals surface area contributed by atoms with Crippen LogP contribution in [0, 0.1) is 18.9 Å². The largest absolute Gasteiger partial charge is 0.285 e. The van der Waals surface area contributed by atoms with Gasteiger partial charge < -0.3 is 0 Å². The normalized spacial score (nSPS) is 6.00. The average molecular weight is 96.1 g/mol. The van der Waals surface area contributed by atoms with E-state index in [-0.39, 0.29) is 5.91 Å². The van der Waals surface area contributed by atoms with Gasteiger partial charge in [-0.15, -0.1) is 0 Å². The molecule has 2 heteroatoms. The molecule has 0 atom stereocenters. The first-order valence-corrected chi connectivity index (χ1v) is 1.81. The van der Waals surface area contributed by atoms with Gasteiger partial charge in [0.15, 0.2) is 0 Å². The zero-order chi connectivity index (χ0) is 5.70. The number of rotatable bonds is 0. The van der Waals surface area contributed by atoms with E-state index in [9.17, 15) is 4.79 Å². The Labute approximate surface area is 42.9 Å². The molecule has 0 saturated carbocycles. The Balaban J connectivity index is 3.26. The summed E-state index contributed by atoms with van der Waals surface area (Å²) in [5.41, 5.74) is 0. The summed E-state index contributed by atoms with van der Waals surface area (Å²) in [6.45, 7) is 4.66. The van der Waals surface area contributed by atoms with Crippen LogP contribution in [0.5, 0.6) is 0 Å². The van der Waals surface area contributed by atoms with Crippen molar-refractivity contribution < 1.29 is 4.79 Å². The van der Waals surface area contributed by atoms with Gasteiger partial charge in [0, 0.05) is 13.0 Å². The second kappa shape index (κ2) is 3.23. The van der Waals surface area contributed by atoms with E-state index in [1.165, 1.54) is 0 Å². The highest BCUT2D eigenvalue weighted by molar-refractivity contribution is 5.81. The molecule has 1 amide bonds. The lowest BCUT2D eigenvalue weighted by atomic mass is 10.7. The topological polar surface area (TPSA) is 29.1 Å². The number of nitrogens with one attached hydrogen (secondary N) is 1. The lowest BCUT2D eigenvalue weighted by molar-refractivity contribution is -0.115. The summed E-state index contributed by atoms with van der Waals surface area (Å²) in [6.07, 6.45) is 0. The minimum absolute atomic E-state index is 0.366. The van der Waals surface area contributed by atoms with Crippen LogP contribution in [-0.2, 0) is 4.79 Å². The maximum atomic E-state index is 9.88. The quantitative estimate of drug-likeness (QED) is 0.331. The van der Waals surface area contributed by atoms with Crippen molar-refractivity contribution in [2.24, 2.45) is 0 Å². The zero-order valence-corrected chi connectivity index (χ0v) is 4.12. The van der Waals surface area contributed by atoms with Gasteiger partial charge in [-0.3, -0.25) is 10.1 Å². The number of hydrogen-bond donors (Lipinski definition) is 1. The molecular formula is C5H6NO. The van der Waals surface area contributed by atoms with E-state index >= 15 is 0 Å². The van der Waals surface area contributed by atoms with Gasteiger partial charge in [-0.2, -0.15) is 0 Å². The lowest BCUT2D eigenvalue weighted by Crippen LogP contribution is -2.12. The molecule has 0 saturated heterocycles. The van der Waals surface area contributed by atoms with E-state index in [1.54, 1.807) is 6.92 Å².